The number of fused-ring (bicyclic) bond motifs is 4. The number of aromatic nitrogens is 16. The van der Waals surface area contributed by atoms with Gasteiger partial charge in [-0.25, -0.2) is 76.5 Å². The van der Waals surface area contributed by atoms with Crippen molar-refractivity contribution in [2.45, 2.75) is 84.9 Å². The first kappa shape index (κ1) is 87.3. The number of benzene rings is 4. The van der Waals surface area contributed by atoms with Crippen molar-refractivity contribution < 1.29 is 62.0 Å². The lowest BCUT2D eigenvalue weighted by molar-refractivity contribution is 0.0927. The Bertz CT molecular complexity index is 6660. The van der Waals surface area contributed by atoms with E-state index in [1.54, 1.807) is 154 Å². The first-order valence-corrected chi connectivity index (χ1v) is 45.1. The monoisotopic (exact) mass is 1760 g/mol. The van der Waals surface area contributed by atoms with Gasteiger partial charge in [-0.2, -0.15) is 20.4 Å². The molecule has 0 spiro atoms. The number of thiophene rings is 1. The Balaban J connectivity index is 0.000000141. The maximum Gasteiger partial charge on any atom is 0.254 e. The van der Waals surface area contributed by atoms with Gasteiger partial charge >= 0.3 is 0 Å². The molecule has 16 aromatic rings. The highest BCUT2D eigenvalue weighted by Gasteiger charge is 2.27. The third-order valence-corrected chi connectivity index (χ3v) is 25.4. The quantitative estimate of drug-likeness (QED) is 0.0289. The Hall–Kier alpha value is -13.5. The van der Waals surface area contributed by atoms with Crippen molar-refractivity contribution in [1.82, 2.24) is 106 Å². The zero-order valence-electron chi connectivity index (χ0n) is 66.5. The van der Waals surface area contributed by atoms with Crippen LogP contribution in [0.15, 0.2) is 234 Å². The number of thiazole rings is 1. The van der Waals surface area contributed by atoms with Crippen molar-refractivity contribution in [2.75, 3.05) is 32.4 Å². The number of amides is 4. The van der Waals surface area contributed by atoms with Crippen molar-refractivity contribution in [2.24, 2.45) is 0 Å². The normalized spacial score (nSPS) is 12.6. The van der Waals surface area contributed by atoms with Gasteiger partial charge < -0.3 is 31.6 Å². The summed E-state index contributed by atoms with van der Waals surface area (Å²) in [5.74, 6) is -2.71. The summed E-state index contributed by atoms with van der Waals surface area (Å²) in [4.78, 5) is 85.5. The van der Waals surface area contributed by atoms with Crippen molar-refractivity contribution in [3.05, 3.63) is 286 Å². The molecule has 0 aliphatic heterocycles. The fourth-order valence-corrected chi connectivity index (χ4v) is 17.6. The highest BCUT2D eigenvalue weighted by atomic mass is 32.2. The third kappa shape index (κ3) is 20.4. The summed E-state index contributed by atoms with van der Waals surface area (Å²) >= 11 is 2.34. The van der Waals surface area contributed by atoms with Crippen LogP contribution in [-0.2, 0) is 29.5 Å². The molecule has 0 saturated carbocycles. The van der Waals surface area contributed by atoms with E-state index in [2.05, 4.69) is 86.9 Å². The van der Waals surface area contributed by atoms with E-state index in [1.165, 1.54) is 103 Å². The Morgan fingerprint density at radius 2 is 0.797 bits per heavy atom. The summed E-state index contributed by atoms with van der Waals surface area (Å²) in [6.45, 7) is 6.37. The van der Waals surface area contributed by atoms with Crippen LogP contribution in [0.1, 0.15) is 133 Å². The van der Waals surface area contributed by atoms with Crippen LogP contribution >= 0.6 is 22.7 Å². The van der Waals surface area contributed by atoms with Crippen LogP contribution in [0.4, 0.5) is 17.6 Å². The number of carbonyl (C=O) groups excluding carboxylic acids is 4. The second kappa shape index (κ2) is 38.0. The summed E-state index contributed by atoms with van der Waals surface area (Å²) in [5, 5.41) is 36.2. The predicted molar refractivity (Wildman–Crippen MR) is 454 cm³/mol. The van der Waals surface area contributed by atoms with E-state index in [9.17, 15) is 62.0 Å². The first-order valence-electron chi connectivity index (χ1n) is 37.8. The Labute approximate surface area is 708 Å². The van der Waals surface area contributed by atoms with E-state index in [0.717, 1.165) is 40.7 Å². The van der Waals surface area contributed by atoms with Gasteiger partial charge in [-0.1, -0.05) is 20.8 Å². The minimum absolute atomic E-state index is 0.0135. The molecule has 6 N–H and O–H groups in total. The largest absolute Gasteiger partial charge is 0.347 e. The molecule has 31 nitrogen and oxygen atoms in total. The highest BCUT2D eigenvalue weighted by molar-refractivity contribution is 7.92. The fourth-order valence-electron chi connectivity index (χ4n) is 13.0. The van der Waals surface area contributed by atoms with Crippen LogP contribution in [0.2, 0.25) is 0 Å². The van der Waals surface area contributed by atoms with E-state index in [0.29, 0.717) is 131 Å². The second-order valence-electron chi connectivity index (χ2n) is 27.8. The number of imidazole rings is 1. The Morgan fingerprint density at radius 3 is 1.12 bits per heavy atom. The van der Waals surface area contributed by atoms with Gasteiger partial charge in [-0.05, 0) is 160 Å². The highest BCUT2D eigenvalue weighted by Crippen LogP contribution is 2.33. The maximum atomic E-state index is 13.3. The molecule has 4 amide bonds. The van der Waals surface area contributed by atoms with Crippen LogP contribution in [-0.4, -0.2) is 160 Å². The molecule has 0 unspecified atom stereocenters. The number of hydrogen-bond acceptors (Lipinski definition) is 24. The smallest absolute Gasteiger partial charge is 0.254 e. The van der Waals surface area contributed by atoms with E-state index in [-0.39, 0.29) is 73.2 Å². The molecule has 0 aliphatic rings. The van der Waals surface area contributed by atoms with E-state index < -0.39 is 41.6 Å². The van der Waals surface area contributed by atoms with E-state index in [4.69, 9.17) is 0 Å². The molecule has 12 aromatic heterocycles. The van der Waals surface area contributed by atoms with E-state index in [1.807, 2.05) is 20.8 Å². The van der Waals surface area contributed by atoms with Crippen LogP contribution in [0.3, 0.4) is 0 Å². The zero-order chi connectivity index (χ0) is 87.4. The number of rotatable bonds is 25. The molecular weight excluding hydrogens is 1690 g/mol. The molecule has 40 heteroatoms. The number of nitrogens with one attached hydrogen (secondary N) is 6. The van der Waals surface area contributed by atoms with Crippen molar-refractivity contribution in [1.29, 1.82) is 0 Å². The lowest BCUT2D eigenvalue weighted by Gasteiger charge is -2.20. The molecule has 0 saturated heterocycles. The minimum atomic E-state index is -3.50. The number of sulfone groups is 3. The van der Waals surface area contributed by atoms with Gasteiger partial charge in [0.05, 0.1) is 164 Å². The lowest BCUT2D eigenvalue weighted by Crippen LogP contribution is -2.31. The number of hydrogen-bond donors (Lipinski definition) is 6. The second-order valence-corrected chi connectivity index (χ2v) is 36.0. The maximum absolute atomic E-state index is 13.3. The summed E-state index contributed by atoms with van der Waals surface area (Å²) in [7, 11) is -8.42. The minimum Gasteiger partial charge on any atom is -0.347 e. The van der Waals surface area contributed by atoms with Gasteiger partial charge in [-0.15, -0.1) is 22.7 Å². The van der Waals surface area contributed by atoms with Crippen LogP contribution in [0.25, 0.3) is 66.4 Å². The Morgan fingerprint density at radius 1 is 0.423 bits per heavy atom. The molecule has 0 fully saturated rings. The van der Waals surface area contributed by atoms with Gasteiger partial charge in [-0.3, -0.25) is 39.1 Å². The molecule has 12 heterocycles. The van der Waals surface area contributed by atoms with Crippen LogP contribution < -0.4 is 26.6 Å². The fraction of sp³-hybridized carbons (Fsp3) is 0.193. The number of carbonyl (C=O) groups is 4. The molecule has 0 aliphatic carbocycles. The zero-order valence-corrected chi connectivity index (χ0v) is 70.6. The summed E-state index contributed by atoms with van der Waals surface area (Å²) < 4.78 is 130. The average molecular weight is 1760 g/mol. The van der Waals surface area contributed by atoms with Gasteiger partial charge in [0.2, 0.25) is 14.2 Å². The first-order chi connectivity index (χ1) is 59.0. The van der Waals surface area contributed by atoms with E-state index >= 15 is 0 Å². The van der Waals surface area contributed by atoms with Gasteiger partial charge in [0, 0.05) is 92.6 Å². The van der Waals surface area contributed by atoms with Gasteiger partial charge in [0.25, 0.3) is 23.6 Å². The molecule has 16 rings (SSSR count). The summed E-state index contributed by atoms with van der Waals surface area (Å²) in [6, 6.07) is 26.9. The number of nitrogens with zero attached hydrogens (tertiary/aromatic N) is 15. The molecule has 0 radical (unpaired) electrons. The van der Waals surface area contributed by atoms with Crippen molar-refractivity contribution in [3.8, 4) is 22.7 Å². The van der Waals surface area contributed by atoms with Crippen molar-refractivity contribution >= 4 is 119 Å². The number of H-pyrrole nitrogens is 1. The number of aromatic amines is 1. The lowest BCUT2D eigenvalue weighted by atomic mass is 10.0. The summed E-state index contributed by atoms with van der Waals surface area (Å²) in [5.41, 5.74) is 7.98. The topological polar surface area (TPSA) is 408 Å². The SMILES string of the molecule is CC[C@H](NC(=O)c1cncc2c1cnn2-c1ccc(F)cc1)c1cc(S(C)(=O)=O)cs1.CC[C@H](NC(=O)c1cncc2c1cnn2-c1ccc(F)cc1)c1cnc(S(C)(=O)=O)s1.CC[C@H](NC(=O)c1cncc2c1cnn2-c1ccc(F)cc1)c1cnc[nH]1.CNCC[C@H](NC(=O)c1cncc2c1cnn2-c1ccc(F)cc1)c1ccnc(S(C)(=O)=O)c1. The van der Waals surface area contributed by atoms with Gasteiger partial charge in [0.1, 0.15) is 23.3 Å². The molecule has 632 valence electrons. The molecule has 4 atom stereocenters. The Kier molecular flexibility index (Phi) is 27.0. The molecule has 123 heavy (non-hydrogen) atoms. The predicted octanol–water partition coefficient (Wildman–Crippen LogP) is 12.8. The van der Waals surface area contributed by atoms with Crippen LogP contribution in [0, 0.1) is 23.3 Å². The number of halogens is 4. The molecule has 0 bridgehead atoms. The molecular formula is C83H77F4N21O10S5. The average Bonchev–Trinajstić information content (AvgIpc) is 1.63. The number of pyridine rings is 5. The third-order valence-electron chi connectivity index (χ3n) is 19.3. The molecule has 4 aromatic carbocycles. The van der Waals surface area contributed by atoms with Gasteiger partial charge in [0.15, 0.2) is 24.7 Å². The van der Waals surface area contributed by atoms with Crippen molar-refractivity contribution in [3.63, 3.8) is 0 Å². The summed E-state index contributed by atoms with van der Waals surface area (Å²) in [6.07, 6.45) is 30.5. The standard InChI is InChI=1S/C23H23FN6O3S.C21H19FN4O3S2.C20H18FN5O3S2.C19H17FN6O/c1-25-9-8-20(15-7-10-27-22(11-15)34(2,32)33)29-23(31)19-12-26-14-21-18(19)13-28-30(21)17-5-3-16(24)4-6-17;1-3-18(20-8-15(12-30-20)31(2,28)29)25-21(27)17-9-23-11-19-16(17)10-24-26(19)14-6-4-13(22)5-7-14;1-3-16(18-11-23-20(30-18)31(2,28)29)25-19(27)15-8-22-10-17-14(15)9-24-26(17)13-6-4-12(21)5-7-13;1-2-16(17-9-22-11-23-17)25-19(27)15-7-21-10-18-14(15)8-24-26(18)13-5-3-12(20)4-6-13/h3-7,10-14,20,25H,8-9H2,1-2H3,(H,29,31);4-12,18H,3H2,1-2H3,(H,25,27);4-11,16H,3H2,1-2H3,(H,25,27);3-11,16H,2H2,1H3,(H,22,23)(H,25,27)/t20-;18-;2*16-/m0000/s1. The van der Waals surface area contributed by atoms with Crippen LogP contribution in [0.5, 0.6) is 0 Å².